The number of H-pyrrole nitrogens is 1. The fraction of sp³-hybridized carbons (Fsp3) is 0.400. The summed E-state index contributed by atoms with van der Waals surface area (Å²) in [6.07, 6.45) is 5.34. The zero-order valence-corrected chi connectivity index (χ0v) is 16.5. The number of aryl methyl sites for hydroxylation is 1. The van der Waals surface area contributed by atoms with Crippen LogP contribution in [0.15, 0.2) is 23.0 Å². The number of rotatable bonds is 11. The lowest BCUT2D eigenvalue weighted by atomic mass is 10.2. The minimum absolute atomic E-state index is 0.0976. The summed E-state index contributed by atoms with van der Waals surface area (Å²) in [6.45, 7) is 3.55. The Morgan fingerprint density at radius 1 is 1.28 bits per heavy atom. The molecule has 0 aliphatic carbocycles. The molecule has 1 aromatic carbocycles. The molecule has 2 aromatic rings. The molecule has 2 N–H and O–H groups in total. The number of ether oxygens (including phenoxy) is 3. The first kappa shape index (κ1) is 21.9. The van der Waals surface area contributed by atoms with Gasteiger partial charge in [0.05, 0.1) is 20.3 Å². The third-order valence-corrected chi connectivity index (χ3v) is 3.87. The number of hydrogen-bond donors (Lipinski definition) is 2. The lowest BCUT2D eigenvalue weighted by molar-refractivity contribution is -0.120. The van der Waals surface area contributed by atoms with Crippen molar-refractivity contribution < 1.29 is 19.0 Å². The van der Waals surface area contributed by atoms with E-state index < -0.39 is 5.56 Å². The van der Waals surface area contributed by atoms with Crippen LogP contribution in [0.2, 0.25) is 0 Å². The SMILES string of the molecule is C#CCNC(=O)CCc1nnc(-c2ccc(OCCOCC)c(OC)c2)[nH]c1=O. The van der Waals surface area contributed by atoms with E-state index >= 15 is 0 Å². The Bertz CT molecular complexity index is 920. The maximum atomic E-state index is 12.3. The zero-order chi connectivity index (χ0) is 21.1. The lowest BCUT2D eigenvalue weighted by Crippen LogP contribution is -2.25. The molecule has 0 spiro atoms. The Kier molecular flexibility index (Phi) is 8.66. The smallest absolute Gasteiger partial charge is 0.273 e. The topological polar surface area (TPSA) is 115 Å². The number of nitrogens with one attached hydrogen (secondary N) is 2. The molecule has 29 heavy (non-hydrogen) atoms. The van der Waals surface area contributed by atoms with Crippen molar-refractivity contribution in [2.75, 3.05) is 33.5 Å². The van der Waals surface area contributed by atoms with Crippen LogP contribution >= 0.6 is 0 Å². The molecule has 0 saturated carbocycles. The highest BCUT2D eigenvalue weighted by molar-refractivity contribution is 5.76. The second-order valence-corrected chi connectivity index (χ2v) is 5.84. The Morgan fingerprint density at radius 2 is 2.10 bits per heavy atom. The minimum Gasteiger partial charge on any atom is -0.493 e. The van der Waals surface area contributed by atoms with Crippen LogP contribution in [0.4, 0.5) is 0 Å². The molecule has 0 saturated heterocycles. The minimum atomic E-state index is -0.407. The zero-order valence-electron chi connectivity index (χ0n) is 16.5. The van der Waals surface area contributed by atoms with Gasteiger partial charge in [-0.3, -0.25) is 9.59 Å². The molecule has 9 nitrogen and oxygen atoms in total. The van der Waals surface area contributed by atoms with Crippen LogP contribution in [-0.4, -0.2) is 54.6 Å². The van der Waals surface area contributed by atoms with E-state index in [-0.39, 0.29) is 36.8 Å². The van der Waals surface area contributed by atoms with Gasteiger partial charge in [0.1, 0.15) is 12.3 Å². The molecule has 0 radical (unpaired) electrons. The molecule has 0 aliphatic rings. The monoisotopic (exact) mass is 400 g/mol. The molecular formula is C20H24N4O5. The van der Waals surface area contributed by atoms with Gasteiger partial charge in [-0.25, -0.2) is 0 Å². The quantitative estimate of drug-likeness (QED) is 0.426. The first-order chi connectivity index (χ1) is 14.1. The fourth-order valence-electron chi connectivity index (χ4n) is 2.41. The van der Waals surface area contributed by atoms with Gasteiger partial charge in [-0.2, -0.15) is 0 Å². The molecule has 2 rings (SSSR count). The predicted octanol–water partition coefficient (Wildman–Crippen LogP) is 0.938. The molecule has 1 aromatic heterocycles. The summed E-state index contributed by atoms with van der Waals surface area (Å²) in [6, 6.07) is 5.16. The number of carbonyl (C=O) groups is 1. The van der Waals surface area contributed by atoms with Gasteiger partial charge in [-0.1, -0.05) is 5.92 Å². The second-order valence-electron chi connectivity index (χ2n) is 5.84. The summed E-state index contributed by atoms with van der Waals surface area (Å²) in [4.78, 5) is 26.5. The largest absolute Gasteiger partial charge is 0.493 e. The molecule has 154 valence electrons. The maximum Gasteiger partial charge on any atom is 0.273 e. The Labute approximate surface area is 168 Å². The van der Waals surface area contributed by atoms with Gasteiger partial charge in [0.25, 0.3) is 5.56 Å². The van der Waals surface area contributed by atoms with Crippen molar-refractivity contribution in [3.05, 3.63) is 34.2 Å². The molecule has 9 heteroatoms. The van der Waals surface area contributed by atoms with Crippen LogP contribution in [-0.2, 0) is 16.0 Å². The van der Waals surface area contributed by atoms with Crippen molar-refractivity contribution in [3.63, 3.8) is 0 Å². The van der Waals surface area contributed by atoms with Crippen molar-refractivity contribution >= 4 is 5.91 Å². The highest BCUT2D eigenvalue weighted by atomic mass is 16.5. The first-order valence-electron chi connectivity index (χ1n) is 9.14. The van der Waals surface area contributed by atoms with E-state index in [4.69, 9.17) is 20.6 Å². The van der Waals surface area contributed by atoms with E-state index in [1.165, 1.54) is 7.11 Å². The number of terminal acetylenes is 1. The third-order valence-electron chi connectivity index (χ3n) is 3.87. The lowest BCUT2D eigenvalue weighted by Gasteiger charge is -2.12. The number of nitrogens with zero attached hydrogens (tertiary/aromatic N) is 2. The van der Waals surface area contributed by atoms with Crippen molar-refractivity contribution in [3.8, 4) is 35.2 Å². The van der Waals surface area contributed by atoms with Crippen LogP contribution < -0.4 is 20.3 Å². The number of carbonyl (C=O) groups excluding carboxylic acids is 1. The summed E-state index contributed by atoms with van der Waals surface area (Å²) in [7, 11) is 1.53. The first-order valence-corrected chi connectivity index (χ1v) is 9.14. The highest BCUT2D eigenvalue weighted by Crippen LogP contribution is 2.31. The molecule has 0 aliphatic heterocycles. The molecule has 1 amide bonds. The Balaban J connectivity index is 2.08. The third kappa shape index (κ3) is 6.62. The number of aromatic amines is 1. The summed E-state index contributed by atoms with van der Waals surface area (Å²) >= 11 is 0. The molecule has 0 fully saturated rings. The molecule has 1 heterocycles. The standard InChI is InChI=1S/C20H24N4O5/c1-4-10-21-18(25)9-7-15-20(26)22-19(24-23-15)14-6-8-16(17(13-14)27-3)29-12-11-28-5-2/h1,6,8,13H,5,7,9-12H2,2-3H3,(H,21,25)(H,22,24,26). The highest BCUT2D eigenvalue weighted by Gasteiger charge is 2.12. The van der Waals surface area contributed by atoms with E-state index in [1.54, 1.807) is 18.2 Å². The number of methoxy groups -OCH3 is 1. The number of benzene rings is 1. The van der Waals surface area contributed by atoms with Gasteiger partial charge >= 0.3 is 0 Å². The summed E-state index contributed by atoms with van der Waals surface area (Å²) in [5, 5.41) is 10.5. The predicted molar refractivity (Wildman–Crippen MR) is 107 cm³/mol. The summed E-state index contributed by atoms with van der Waals surface area (Å²) < 4.78 is 16.2. The summed E-state index contributed by atoms with van der Waals surface area (Å²) in [5.41, 5.74) is 0.380. The van der Waals surface area contributed by atoms with E-state index in [0.29, 0.717) is 36.9 Å². The number of aromatic nitrogens is 3. The van der Waals surface area contributed by atoms with Gasteiger partial charge in [0.15, 0.2) is 17.3 Å². The Hall–Kier alpha value is -3.38. The van der Waals surface area contributed by atoms with Crippen molar-refractivity contribution in [2.45, 2.75) is 19.8 Å². The van der Waals surface area contributed by atoms with E-state index in [0.717, 1.165) is 0 Å². The van der Waals surface area contributed by atoms with Crippen LogP contribution in [0.25, 0.3) is 11.4 Å². The van der Waals surface area contributed by atoms with Crippen LogP contribution in [0, 0.1) is 12.3 Å². The van der Waals surface area contributed by atoms with Crippen LogP contribution in [0.3, 0.4) is 0 Å². The van der Waals surface area contributed by atoms with E-state index in [2.05, 4.69) is 26.4 Å². The molecular weight excluding hydrogens is 376 g/mol. The van der Waals surface area contributed by atoms with E-state index in [9.17, 15) is 9.59 Å². The average Bonchev–Trinajstić information content (AvgIpc) is 2.74. The van der Waals surface area contributed by atoms with Crippen LogP contribution in [0.5, 0.6) is 11.5 Å². The Morgan fingerprint density at radius 3 is 2.79 bits per heavy atom. The molecule has 0 atom stereocenters. The average molecular weight is 400 g/mol. The van der Waals surface area contributed by atoms with Gasteiger partial charge in [0, 0.05) is 25.0 Å². The van der Waals surface area contributed by atoms with E-state index in [1.807, 2.05) is 6.92 Å². The van der Waals surface area contributed by atoms with Crippen molar-refractivity contribution in [1.29, 1.82) is 0 Å². The molecule has 0 unspecified atom stereocenters. The second kappa shape index (κ2) is 11.5. The van der Waals surface area contributed by atoms with Crippen molar-refractivity contribution in [2.24, 2.45) is 0 Å². The molecule has 0 bridgehead atoms. The van der Waals surface area contributed by atoms with Crippen molar-refractivity contribution in [1.82, 2.24) is 20.5 Å². The van der Waals surface area contributed by atoms with Crippen LogP contribution in [0.1, 0.15) is 19.0 Å². The van der Waals surface area contributed by atoms with Gasteiger partial charge in [-0.15, -0.1) is 16.6 Å². The summed E-state index contributed by atoms with van der Waals surface area (Å²) in [5.74, 6) is 3.40. The normalized spacial score (nSPS) is 10.2. The van der Waals surface area contributed by atoms with Gasteiger partial charge in [-0.05, 0) is 25.1 Å². The maximum absolute atomic E-state index is 12.3. The number of hydrogen-bond acceptors (Lipinski definition) is 7. The number of amides is 1. The van der Waals surface area contributed by atoms with Gasteiger partial charge in [0.2, 0.25) is 5.91 Å². The fourth-order valence-corrected chi connectivity index (χ4v) is 2.41. The van der Waals surface area contributed by atoms with Gasteiger partial charge < -0.3 is 24.5 Å².